The molecule has 0 amide bonds. The first-order valence-electron chi connectivity index (χ1n) is 5.83. The van der Waals surface area contributed by atoms with E-state index in [4.69, 9.17) is 16.3 Å². The van der Waals surface area contributed by atoms with Crippen molar-refractivity contribution in [2.24, 2.45) is 0 Å². The Labute approximate surface area is 108 Å². The number of pyridine rings is 1. The summed E-state index contributed by atoms with van der Waals surface area (Å²) in [4.78, 5) is 4.36. The zero-order chi connectivity index (χ0) is 12.8. The molecular formula is C13H20ClNO2. The average Bonchev–Trinajstić information content (AvgIpc) is 2.31. The molecule has 1 heterocycles. The van der Waals surface area contributed by atoms with Gasteiger partial charge in [0.15, 0.2) is 0 Å². The molecule has 1 rings (SSSR count). The number of hydrogen-bond acceptors (Lipinski definition) is 3. The molecule has 0 bridgehead atoms. The van der Waals surface area contributed by atoms with Gasteiger partial charge in [0.05, 0.1) is 13.2 Å². The van der Waals surface area contributed by atoms with Crippen molar-refractivity contribution >= 4 is 11.6 Å². The summed E-state index contributed by atoms with van der Waals surface area (Å²) in [6.45, 7) is 3.94. The molecule has 1 N–H and O–H groups in total. The van der Waals surface area contributed by atoms with Gasteiger partial charge in [-0.15, -0.1) is 11.6 Å². The topological polar surface area (TPSA) is 42.4 Å². The van der Waals surface area contributed by atoms with Gasteiger partial charge in [-0.1, -0.05) is 0 Å². The third-order valence-corrected chi connectivity index (χ3v) is 3.12. The van der Waals surface area contributed by atoms with E-state index in [-0.39, 0.29) is 6.10 Å². The van der Waals surface area contributed by atoms with E-state index in [0.717, 1.165) is 29.0 Å². The van der Waals surface area contributed by atoms with Crippen LogP contribution in [0.5, 0.6) is 5.75 Å². The van der Waals surface area contributed by atoms with Crippen molar-refractivity contribution in [2.75, 3.05) is 13.0 Å². The molecule has 0 saturated heterocycles. The zero-order valence-electron chi connectivity index (χ0n) is 10.7. The highest BCUT2D eigenvalue weighted by Gasteiger charge is 2.13. The van der Waals surface area contributed by atoms with Crippen molar-refractivity contribution in [3.05, 3.63) is 23.0 Å². The Bertz CT molecular complexity index is 369. The molecule has 0 aliphatic carbocycles. The van der Waals surface area contributed by atoms with Crippen LogP contribution in [0.2, 0.25) is 0 Å². The van der Waals surface area contributed by atoms with Crippen LogP contribution < -0.4 is 4.74 Å². The quantitative estimate of drug-likeness (QED) is 0.797. The number of aryl methyl sites for hydroxylation is 1. The maximum absolute atomic E-state index is 9.85. The number of alkyl halides is 1. The van der Waals surface area contributed by atoms with Gasteiger partial charge in [-0.3, -0.25) is 4.98 Å². The molecule has 1 unspecified atom stereocenters. The van der Waals surface area contributed by atoms with Crippen molar-refractivity contribution in [3.63, 3.8) is 0 Å². The number of aliphatic hydroxyl groups is 1. The van der Waals surface area contributed by atoms with E-state index in [1.807, 2.05) is 13.8 Å². The maximum Gasteiger partial charge on any atom is 0.128 e. The Balaban J connectivity index is 2.78. The number of aromatic nitrogens is 1. The molecule has 0 aromatic carbocycles. The highest BCUT2D eigenvalue weighted by Crippen LogP contribution is 2.25. The largest absolute Gasteiger partial charge is 0.496 e. The molecule has 1 atom stereocenters. The normalized spacial score (nSPS) is 12.5. The number of rotatable bonds is 6. The minimum absolute atomic E-state index is 0.382. The molecule has 0 fully saturated rings. The molecule has 1 aromatic heterocycles. The summed E-state index contributed by atoms with van der Waals surface area (Å²) in [5, 5.41) is 9.85. The average molecular weight is 258 g/mol. The fraction of sp³-hybridized carbons (Fsp3) is 0.615. The van der Waals surface area contributed by atoms with Gasteiger partial charge in [0.1, 0.15) is 5.75 Å². The molecule has 0 aliphatic rings. The Kier molecular flexibility index (Phi) is 5.72. The van der Waals surface area contributed by atoms with Crippen molar-refractivity contribution in [3.8, 4) is 5.75 Å². The molecule has 0 radical (unpaired) electrons. The molecule has 96 valence electrons. The van der Waals surface area contributed by atoms with Crippen molar-refractivity contribution < 1.29 is 9.84 Å². The predicted molar refractivity (Wildman–Crippen MR) is 69.9 cm³/mol. The number of ether oxygens (including phenoxy) is 1. The number of halogens is 1. The van der Waals surface area contributed by atoms with Crippen LogP contribution in [0.15, 0.2) is 6.20 Å². The molecule has 17 heavy (non-hydrogen) atoms. The lowest BCUT2D eigenvalue weighted by Crippen LogP contribution is -2.13. The van der Waals surface area contributed by atoms with Crippen LogP contribution in [0.25, 0.3) is 0 Å². The monoisotopic (exact) mass is 257 g/mol. The van der Waals surface area contributed by atoms with Gasteiger partial charge < -0.3 is 9.84 Å². The first-order chi connectivity index (χ1) is 8.10. The van der Waals surface area contributed by atoms with Gasteiger partial charge in [0.25, 0.3) is 0 Å². The fourth-order valence-electron chi connectivity index (χ4n) is 1.91. The predicted octanol–water partition coefficient (Wildman–Crippen LogP) is 2.63. The fourth-order valence-corrected chi connectivity index (χ4v) is 2.07. The van der Waals surface area contributed by atoms with E-state index >= 15 is 0 Å². The van der Waals surface area contributed by atoms with Gasteiger partial charge in [0, 0.05) is 35.3 Å². The summed E-state index contributed by atoms with van der Waals surface area (Å²) in [5.74, 6) is 1.44. The molecule has 0 aliphatic heterocycles. The van der Waals surface area contributed by atoms with Crippen LogP contribution in [-0.2, 0) is 6.42 Å². The van der Waals surface area contributed by atoms with E-state index in [1.54, 1.807) is 13.3 Å². The maximum atomic E-state index is 9.85. The van der Waals surface area contributed by atoms with E-state index in [2.05, 4.69) is 4.98 Å². The summed E-state index contributed by atoms with van der Waals surface area (Å²) in [7, 11) is 1.66. The second-order valence-electron chi connectivity index (χ2n) is 4.24. The summed E-state index contributed by atoms with van der Waals surface area (Å²) in [6, 6.07) is 0. The smallest absolute Gasteiger partial charge is 0.128 e. The van der Waals surface area contributed by atoms with Crippen molar-refractivity contribution in [1.82, 2.24) is 4.98 Å². The SMILES string of the molecule is COc1c(C)cnc(CC(O)CCCCl)c1C. The summed E-state index contributed by atoms with van der Waals surface area (Å²) in [5.41, 5.74) is 2.93. The molecular weight excluding hydrogens is 238 g/mol. The molecule has 1 aromatic rings. The molecule has 3 nitrogen and oxygen atoms in total. The van der Waals surface area contributed by atoms with Gasteiger partial charge in [-0.25, -0.2) is 0 Å². The lowest BCUT2D eigenvalue weighted by molar-refractivity contribution is 0.162. The summed E-state index contributed by atoms with van der Waals surface area (Å²) >= 11 is 5.60. The molecule has 0 saturated carbocycles. The van der Waals surface area contributed by atoms with Gasteiger partial charge >= 0.3 is 0 Å². The van der Waals surface area contributed by atoms with Crippen LogP contribution in [0.1, 0.15) is 29.7 Å². The number of hydrogen-bond donors (Lipinski definition) is 1. The third-order valence-electron chi connectivity index (χ3n) is 2.85. The minimum Gasteiger partial charge on any atom is -0.496 e. The summed E-state index contributed by atoms with van der Waals surface area (Å²) < 4.78 is 5.34. The minimum atomic E-state index is -0.382. The van der Waals surface area contributed by atoms with Crippen LogP contribution in [0.4, 0.5) is 0 Å². The Morgan fingerprint density at radius 1 is 1.47 bits per heavy atom. The lowest BCUT2D eigenvalue weighted by Gasteiger charge is -2.14. The van der Waals surface area contributed by atoms with E-state index < -0.39 is 0 Å². The van der Waals surface area contributed by atoms with Crippen LogP contribution in [0, 0.1) is 13.8 Å². The third kappa shape index (κ3) is 3.86. The van der Waals surface area contributed by atoms with Crippen LogP contribution >= 0.6 is 11.6 Å². The summed E-state index contributed by atoms with van der Waals surface area (Å²) in [6.07, 6.45) is 3.49. The number of nitrogens with zero attached hydrogens (tertiary/aromatic N) is 1. The van der Waals surface area contributed by atoms with E-state index in [1.165, 1.54) is 0 Å². The first-order valence-corrected chi connectivity index (χ1v) is 6.36. The molecule has 4 heteroatoms. The standard InChI is InChI=1S/C13H20ClNO2/c1-9-8-15-12(10(2)13(9)17-3)7-11(16)5-4-6-14/h8,11,16H,4-7H2,1-3H3. The Morgan fingerprint density at radius 2 is 2.18 bits per heavy atom. The first kappa shape index (κ1) is 14.3. The van der Waals surface area contributed by atoms with Crippen molar-refractivity contribution in [2.45, 2.75) is 39.2 Å². The second-order valence-corrected chi connectivity index (χ2v) is 4.61. The molecule has 0 spiro atoms. The lowest BCUT2D eigenvalue weighted by atomic mass is 10.0. The second kappa shape index (κ2) is 6.82. The van der Waals surface area contributed by atoms with Crippen LogP contribution in [-0.4, -0.2) is 29.2 Å². The Hall–Kier alpha value is -0.800. The van der Waals surface area contributed by atoms with E-state index in [9.17, 15) is 5.11 Å². The van der Waals surface area contributed by atoms with Gasteiger partial charge in [0.2, 0.25) is 0 Å². The van der Waals surface area contributed by atoms with Gasteiger partial charge in [-0.05, 0) is 26.7 Å². The zero-order valence-corrected chi connectivity index (χ0v) is 11.4. The van der Waals surface area contributed by atoms with Gasteiger partial charge in [-0.2, -0.15) is 0 Å². The number of aliphatic hydroxyl groups excluding tert-OH is 1. The van der Waals surface area contributed by atoms with Crippen molar-refractivity contribution in [1.29, 1.82) is 0 Å². The van der Waals surface area contributed by atoms with Crippen LogP contribution in [0.3, 0.4) is 0 Å². The van der Waals surface area contributed by atoms with E-state index in [0.29, 0.717) is 18.7 Å². The highest BCUT2D eigenvalue weighted by molar-refractivity contribution is 6.17. The highest BCUT2D eigenvalue weighted by atomic mass is 35.5. The Morgan fingerprint density at radius 3 is 2.76 bits per heavy atom. The number of methoxy groups -OCH3 is 1.